The summed E-state index contributed by atoms with van der Waals surface area (Å²) in [7, 11) is 0. The summed E-state index contributed by atoms with van der Waals surface area (Å²) in [5.41, 5.74) is 2.59. The lowest BCUT2D eigenvalue weighted by Gasteiger charge is -2.11. The van der Waals surface area contributed by atoms with Gasteiger partial charge in [0.05, 0.1) is 29.4 Å². The number of hydrogen-bond acceptors (Lipinski definition) is 6. The van der Waals surface area contributed by atoms with Crippen LogP contribution in [0.4, 0.5) is 4.79 Å². The number of carbonyl (C=O) groups excluding carboxylic acids is 2. The van der Waals surface area contributed by atoms with E-state index in [1.807, 2.05) is 33.8 Å². The Labute approximate surface area is 174 Å². The molecule has 0 spiro atoms. The van der Waals surface area contributed by atoms with Crippen molar-refractivity contribution in [2.45, 2.75) is 40.7 Å². The Balaban J connectivity index is 1.91. The minimum atomic E-state index is -0.510. The van der Waals surface area contributed by atoms with Crippen LogP contribution in [-0.4, -0.2) is 46.5 Å². The quantitative estimate of drug-likeness (QED) is 0.575. The number of hydrogen-bond donors (Lipinski definition) is 2. The summed E-state index contributed by atoms with van der Waals surface area (Å²) in [5.74, 6) is 1.24. The first kappa shape index (κ1) is 21.4. The van der Waals surface area contributed by atoms with Gasteiger partial charge in [-0.3, -0.25) is 4.79 Å². The maximum absolute atomic E-state index is 12.9. The summed E-state index contributed by atoms with van der Waals surface area (Å²) in [6.45, 7) is 10.3. The van der Waals surface area contributed by atoms with E-state index in [9.17, 15) is 9.59 Å². The fourth-order valence-electron chi connectivity index (χ4n) is 3.22. The molecule has 0 saturated heterocycles. The lowest BCUT2D eigenvalue weighted by Crippen LogP contribution is -2.35. The molecular formula is C21H27N5O4. The molecule has 0 aliphatic heterocycles. The number of carbonyl (C=O) groups is 2. The van der Waals surface area contributed by atoms with Crippen LogP contribution >= 0.6 is 0 Å². The van der Waals surface area contributed by atoms with Gasteiger partial charge in [0.2, 0.25) is 0 Å². The van der Waals surface area contributed by atoms with Crippen LogP contribution in [0.1, 0.15) is 48.7 Å². The molecule has 3 aromatic heterocycles. The molecule has 30 heavy (non-hydrogen) atoms. The van der Waals surface area contributed by atoms with E-state index in [0.717, 1.165) is 17.1 Å². The van der Waals surface area contributed by atoms with E-state index in [0.29, 0.717) is 28.9 Å². The Kier molecular flexibility index (Phi) is 6.39. The van der Waals surface area contributed by atoms with Crippen LogP contribution in [0.15, 0.2) is 22.7 Å². The van der Waals surface area contributed by atoms with Gasteiger partial charge in [-0.15, -0.1) is 0 Å². The second-order valence-electron chi connectivity index (χ2n) is 7.21. The molecule has 0 aliphatic rings. The van der Waals surface area contributed by atoms with Crippen LogP contribution < -0.4 is 10.6 Å². The normalized spacial score (nSPS) is 11.1. The van der Waals surface area contributed by atoms with E-state index in [1.54, 1.807) is 23.9 Å². The number of nitrogens with one attached hydrogen (secondary N) is 2. The standard InChI is InChI=1S/C21H27N5O4/c1-6-29-21(28)23-8-7-22-20(27)16-10-18(15-9-13(4)30-14(15)5)25-19-17(16)11-24-26(19)12(2)3/h9-12H,6-8H2,1-5H3,(H,22,27)(H,23,28). The monoisotopic (exact) mass is 413 g/mol. The first-order valence-corrected chi connectivity index (χ1v) is 9.96. The number of pyridine rings is 1. The third kappa shape index (κ3) is 4.45. The van der Waals surface area contributed by atoms with Crippen LogP contribution in [0.5, 0.6) is 0 Å². The molecule has 0 radical (unpaired) electrons. The van der Waals surface area contributed by atoms with Crippen LogP contribution in [0.2, 0.25) is 0 Å². The van der Waals surface area contributed by atoms with Crippen molar-refractivity contribution in [1.29, 1.82) is 0 Å². The Morgan fingerprint density at radius 3 is 2.57 bits per heavy atom. The van der Waals surface area contributed by atoms with Crippen molar-refractivity contribution in [3.8, 4) is 11.3 Å². The molecule has 0 fully saturated rings. The van der Waals surface area contributed by atoms with Crippen molar-refractivity contribution in [3.63, 3.8) is 0 Å². The number of alkyl carbamates (subject to hydrolysis) is 1. The first-order valence-electron chi connectivity index (χ1n) is 9.96. The zero-order chi connectivity index (χ0) is 21.8. The first-order chi connectivity index (χ1) is 14.3. The van der Waals surface area contributed by atoms with Crippen molar-refractivity contribution in [3.05, 3.63) is 35.4 Å². The van der Waals surface area contributed by atoms with Crippen molar-refractivity contribution < 1.29 is 18.7 Å². The summed E-state index contributed by atoms with van der Waals surface area (Å²) in [5, 5.41) is 10.5. The van der Waals surface area contributed by atoms with Crippen LogP contribution in [0.25, 0.3) is 22.3 Å². The van der Waals surface area contributed by atoms with Gasteiger partial charge in [0.15, 0.2) is 5.65 Å². The smallest absolute Gasteiger partial charge is 0.407 e. The summed E-state index contributed by atoms with van der Waals surface area (Å²) in [6, 6.07) is 3.74. The number of rotatable bonds is 7. The lowest BCUT2D eigenvalue weighted by atomic mass is 10.1. The van der Waals surface area contributed by atoms with Gasteiger partial charge in [-0.1, -0.05) is 0 Å². The zero-order valence-electron chi connectivity index (χ0n) is 17.9. The highest BCUT2D eigenvalue weighted by Gasteiger charge is 2.20. The maximum atomic E-state index is 12.9. The number of nitrogens with zero attached hydrogens (tertiary/aromatic N) is 3. The molecule has 0 aliphatic carbocycles. The third-order valence-electron chi connectivity index (χ3n) is 4.57. The molecule has 3 aromatic rings. The van der Waals surface area contributed by atoms with Gasteiger partial charge in [-0.05, 0) is 46.8 Å². The number of amides is 2. The largest absolute Gasteiger partial charge is 0.466 e. The predicted octanol–water partition coefficient (Wildman–Crippen LogP) is 3.36. The summed E-state index contributed by atoms with van der Waals surface area (Å²) in [6.07, 6.45) is 1.15. The molecule has 160 valence electrons. The van der Waals surface area contributed by atoms with Crippen molar-refractivity contribution in [2.24, 2.45) is 0 Å². The van der Waals surface area contributed by atoms with E-state index in [2.05, 4.69) is 15.7 Å². The van der Waals surface area contributed by atoms with Gasteiger partial charge < -0.3 is 19.8 Å². The summed E-state index contributed by atoms with van der Waals surface area (Å²) in [4.78, 5) is 29.1. The molecular weight excluding hydrogens is 386 g/mol. The Morgan fingerprint density at radius 1 is 1.20 bits per heavy atom. The van der Waals surface area contributed by atoms with E-state index < -0.39 is 6.09 Å². The number of furan rings is 1. The highest BCUT2D eigenvalue weighted by Crippen LogP contribution is 2.29. The van der Waals surface area contributed by atoms with E-state index in [1.165, 1.54) is 0 Å². The SMILES string of the molecule is CCOC(=O)NCCNC(=O)c1cc(-c2cc(C)oc2C)nc2c1cnn2C(C)C. The molecule has 3 rings (SSSR count). The van der Waals surface area contributed by atoms with Crippen molar-refractivity contribution >= 4 is 23.0 Å². The van der Waals surface area contributed by atoms with Gasteiger partial charge in [-0.25, -0.2) is 14.5 Å². The average molecular weight is 413 g/mol. The Hall–Kier alpha value is -3.36. The number of aromatic nitrogens is 3. The highest BCUT2D eigenvalue weighted by atomic mass is 16.5. The van der Waals surface area contributed by atoms with Gasteiger partial charge in [-0.2, -0.15) is 5.10 Å². The molecule has 0 atom stereocenters. The Morgan fingerprint density at radius 2 is 1.93 bits per heavy atom. The van der Waals surface area contributed by atoms with Gasteiger partial charge in [0.25, 0.3) is 5.91 Å². The lowest BCUT2D eigenvalue weighted by molar-refractivity contribution is 0.0954. The molecule has 9 nitrogen and oxygen atoms in total. The molecule has 0 saturated carbocycles. The van der Waals surface area contributed by atoms with Gasteiger partial charge >= 0.3 is 6.09 Å². The molecule has 3 heterocycles. The highest BCUT2D eigenvalue weighted by molar-refractivity contribution is 6.06. The van der Waals surface area contributed by atoms with E-state index in [-0.39, 0.29) is 25.0 Å². The fourth-order valence-corrected chi connectivity index (χ4v) is 3.22. The minimum absolute atomic E-state index is 0.0853. The maximum Gasteiger partial charge on any atom is 0.407 e. The number of fused-ring (bicyclic) bond motifs is 1. The van der Waals surface area contributed by atoms with Crippen LogP contribution in [0.3, 0.4) is 0 Å². The average Bonchev–Trinajstić information content (AvgIpc) is 3.27. The van der Waals surface area contributed by atoms with E-state index in [4.69, 9.17) is 14.1 Å². The fraction of sp³-hybridized carbons (Fsp3) is 0.429. The second-order valence-corrected chi connectivity index (χ2v) is 7.21. The zero-order valence-corrected chi connectivity index (χ0v) is 17.9. The van der Waals surface area contributed by atoms with E-state index >= 15 is 0 Å². The number of aryl methyl sites for hydroxylation is 2. The predicted molar refractivity (Wildman–Crippen MR) is 112 cm³/mol. The van der Waals surface area contributed by atoms with Crippen molar-refractivity contribution in [1.82, 2.24) is 25.4 Å². The Bertz CT molecular complexity index is 1070. The molecule has 9 heteroatoms. The summed E-state index contributed by atoms with van der Waals surface area (Å²) < 4.78 is 12.2. The van der Waals surface area contributed by atoms with Crippen LogP contribution in [0, 0.1) is 13.8 Å². The van der Waals surface area contributed by atoms with Crippen molar-refractivity contribution in [2.75, 3.05) is 19.7 Å². The molecule has 0 unspecified atom stereocenters. The molecule has 0 bridgehead atoms. The van der Waals surface area contributed by atoms with Gasteiger partial charge in [0, 0.05) is 24.7 Å². The minimum Gasteiger partial charge on any atom is -0.466 e. The third-order valence-corrected chi connectivity index (χ3v) is 4.57. The second kappa shape index (κ2) is 8.98. The van der Waals surface area contributed by atoms with Gasteiger partial charge in [0.1, 0.15) is 11.5 Å². The summed E-state index contributed by atoms with van der Waals surface area (Å²) >= 11 is 0. The molecule has 2 N–H and O–H groups in total. The number of ether oxygens (including phenoxy) is 1. The molecule has 0 aromatic carbocycles. The molecule has 2 amide bonds. The topological polar surface area (TPSA) is 111 Å². The van der Waals surface area contributed by atoms with Crippen LogP contribution in [-0.2, 0) is 4.74 Å².